The van der Waals surface area contributed by atoms with Crippen LogP contribution >= 0.6 is 0 Å². The van der Waals surface area contributed by atoms with E-state index in [9.17, 15) is 9.18 Å². The molecule has 5 heteroatoms. The summed E-state index contributed by atoms with van der Waals surface area (Å²) in [5.74, 6) is -0.236. The maximum absolute atomic E-state index is 12.5. The summed E-state index contributed by atoms with van der Waals surface area (Å²) in [5.41, 5.74) is 4.61. The zero-order valence-corrected chi connectivity index (χ0v) is 16.2. The number of ether oxygens (including phenoxy) is 1. The van der Waals surface area contributed by atoms with E-state index < -0.39 is 12.6 Å². The molecule has 0 amide bonds. The van der Waals surface area contributed by atoms with Gasteiger partial charge in [-0.25, -0.2) is 4.79 Å². The molecule has 0 unspecified atom stereocenters. The number of carboxylic acid groups (broad SMARTS) is 1. The van der Waals surface area contributed by atoms with Crippen molar-refractivity contribution >= 4 is 17.2 Å². The summed E-state index contributed by atoms with van der Waals surface area (Å²) in [5, 5.41) is 8.75. The van der Waals surface area contributed by atoms with Crippen molar-refractivity contribution in [1.82, 2.24) is 0 Å². The van der Waals surface area contributed by atoms with Crippen LogP contribution in [-0.4, -0.2) is 38.5 Å². The second kappa shape index (κ2) is 10.4. The number of carbonyl (C=O) groups is 1. The Morgan fingerprint density at radius 3 is 2.58 bits per heavy atom. The van der Waals surface area contributed by atoms with Crippen molar-refractivity contribution in [1.29, 1.82) is 0 Å². The summed E-state index contributed by atoms with van der Waals surface area (Å²) in [6, 6.07) is 4.08. The number of anilines is 1. The number of allylic oxidation sites excluding steroid dienone is 5. The van der Waals surface area contributed by atoms with Gasteiger partial charge < -0.3 is 14.7 Å². The highest BCUT2D eigenvalue weighted by atomic mass is 19.1. The topological polar surface area (TPSA) is 49.8 Å². The van der Waals surface area contributed by atoms with E-state index in [1.807, 2.05) is 57.1 Å². The van der Waals surface area contributed by atoms with Gasteiger partial charge in [-0.2, -0.15) is 0 Å². The molecule has 0 saturated carbocycles. The Labute approximate surface area is 155 Å². The second-order valence-corrected chi connectivity index (χ2v) is 6.38. The predicted octanol–water partition coefficient (Wildman–Crippen LogP) is 4.79. The Morgan fingerprint density at radius 1 is 1.31 bits per heavy atom. The molecule has 0 aliphatic carbocycles. The van der Waals surface area contributed by atoms with Gasteiger partial charge in [-0.1, -0.05) is 18.2 Å². The van der Waals surface area contributed by atoms with Crippen molar-refractivity contribution in [2.24, 2.45) is 0 Å². The van der Waals surface area contributed by atoms with Gasteiger partial charge in [0.05, 0.1) is 19.0 Å². The summed E-state index contributed by atoms with van der Waals surface area (Å²) >= 11 is 0. The first-order chi connectivity index (χ1) is 12.3. The summed E-state index contributed by atoms with van der Waals surface area (Å²) in [6.07, 6.45) is 6.97. The fourth-order valence-corrected chi connectivity index (χ4v) is 2.44. The number of hydrogen-bond acceptors (Lipinski definition) is 3. The molecular weight excluding hydrogens is 333 g/mol. The molecule has 0 atom stereocenters. The lowest BCUT2D eigenvalue weighted by molar-refractivity contribution is -0.131. The second-order valence-electron chi connectivity index (χ2n) is 6.38. The first kappa shape index (κ1) is 21.5. The number of rotatable bonds is 9. The van der Waals surface area contributed by atoms with Crippen LogP contribution in [0.2, 0.25) is 0 Å². The van der Waals surface area contributed by atoms with E-state index >= 15 is 0 Å². The first-order valence-electron chi connectivity index (χ1n) is 8.53. The average molecular weight is 361 g/mol. The summed E-state index contributed by atoms with van der Waals surface area (Å²) in [4.78, 5) is 12.6. The monoisotopic (exact) mass is 361 g/mol. The van der Waals surface area contributed by atoms with Gasteiger partial charge in [0.15, 0.2) is 0 Å². The molecule has 1 N–H and O–H groups in total. The van der Waals surface area contributed by atoms with Crippen LogP contribution in [0.5, 0.6) is 5.75 Å². The third kappa shape index (κ3) is 6.75. The Bertz CT molecular complexity index is 718. The van der Waals surface area contributed by atoms with E-state index in [2.05, 4.69) is 0 Å². The minimum Gasteiger partial charge on any atom is -0.491 e. The number of hydrogen-bond donors (Lipinski definition) is 1. The predicted molar refractivity (Wildman–Crippen MR) is 106 cm³/mol. The normalized spacial score (nSPS) is 12.5. The highest BCUT2D eigenvalue weighted by molar-refractivity contribution is 5.81. The summed E-state index contributed by atoms with van der Waals surface area (Å²) in [7, 11) is 3.89. The molecule has 0 heterocycles. The molecule has 142 valence electrons. The molecule has 26 heavy (non-hydrogen) atoms. The molecule has 1 rings (SSSR count). The van der Waals surface area contributed by atoms with Crippen LogP contribution in [0.15, 0.2) is 42.0 Å². The molecular formula is C21H28FNO3. The minimum absolute atomic E-state index is 0.316. The van der Waals surface area contributed by atoms with E-state index in [1.54, 1.807) is 13.0 Å². The van der Waals surface area contributed by atoms with Crippen LogP contribution in [-0.2, 0) is 4.79 Å². The van der Waals surface area contributed by atoms with E-state index in [4.69, 9.17) is 9.84 Å². The smallest absolute Gasteiger partial charge is 0.328 e. The van der Waals surface area contributed by atoms with Gasteiger partial charge in [-0.15, -0.1) is 0 Å². The van der Waals surface area contributed by atoms with Crippen molar-refractivity contribution in [3.05, 3.63) is 53.1 Å². The van der Waals surface area contributed by atoms with Crippen LogP contribution < -0.4 is 9.64 Å². The number of benzene rings is 1. The quantitative estimate of drug-likeness (QED) is 0.390. The minimum atomic E-state index is -0.967. The largest absolute Gasteiger partial charge is 0.491 e. The van der Waals surface area contributed by atoms with Crippen molar-refractivity contribution in [2.75, 3.05) is 32.3 Å². The SMILES string of the molecule is CC(C=CC=C(C)c1cc(C)cc(N(C)C)c1OCCCF)=CC(=O)O. The molecule has 0 spiro atoms. The van der Waals surface area contributed by atoms with Crippen LogP contribution in [0.3, 0.4) is 0 Å². The van der Waals surface area contributed by atoms with Gasteiger partial charge in [0.2, 0.25) is 0 Å². The lowest BCUT2D eigenvalue weighted by Crippen LogP contribution is -2.13. The standard InChI is InChI=1S/C21H28FNO3/c1-15(14-20(24)25)8-6-9-17(3)18-12-16(2)13-19(23(4)5)21(18)26-11-7-10-22/h6,8-9,12-14H,7,10-11H2,1-5H3,(H,24,25). The maximum atomic E-state index is 12.5. The highest BCUT2D eigenvalue weighted by Gasteiger charge is 2.14. The Balaban J connectivity index is 3.24. The molecule has 0 saturated heterocycles. The number of alkyl halides is 1. The molecule has 0 aromatic heterocycles. The van der Waals surface area contributed by atoms with Crippen LogP contribution in [0, 0.1) is 6.92 Å². The Hall–Kier alpha value is -2.56. The average Bonchev–Trinajstić information content (AvgIpc) is 2.54. The van der Waals surface area contributed by atoms with E-state index in [1.165, 1.54) is 0 Å². The van der Waals surface area contributed by atoms with Gasteiger partial charge in [-0.05, 0) is 49.6 Å². The molecule has 0 bridgehead atoms. The number of aryl methyl sites for hydroxylation is 1. The van der Waals surface area contributed by atoms with Crippen molar-refractivity contribution in [3.8, 4) is 5.75 Å². The number of halogens is 1. The number of carboxylic acids is 1. The van der Waals surface area contributed by atoms with Crippen LogP contribution in [0.4, 0.5) is 10.1 Å². The van der Waals surface area contributed by atoms with Crippen molar-refractivity contribution in [2.45, 2.75) is 27.2 Å². The van der Waals surface area contributed by atoms with E-state index in [0.717, 1.165) is 34.2 Å². The van der Waals surface area contributed by atoms with Gasteiger partial charge in [0.25, 0.3) is 0 Å². The lowest BCUT2D eigenvalue weighted by Gasteiger charge is -2.22. The lowest BCUT2D eigenvalue weighted by atomic mass is 10.0. The van der Waals surface area contributed by atoms with Crippen LogP contribution in [0.1, 0.15) is 31.4 Å². The number of nitrogens with zero attached hydrogens (tertiary/aromatic N) is 1. The maximum Gasteiger partial charge on any atom is 0.328 e. The van der Waals surface area contributed by atoms with E-state index in [-0.39, 0.29) is 0 Å². The molecule has 1 aromatic rings. The first-order valence-corrected chi connectivity index (χ1v) is 8.53. The van der Waals surface area contributed by atoms with Gasteiger partial charge in [0.1, 0.15) is 5.75 Å². The fraction of sp³-hybridized carbons (Fsp3) is 0.381. The van der Waals surface area contributed by atoms with Gasteiger partial charge in [-0.3, -0.25) is 4.39 Å². The fourth-order valence-electron chi connectivity index (χ4n) is 2.44. The molecule has 0 radical (unpaired) electrons. The molecule has 0 fully saturated rings. The molecule has 0 aliphatic rings. The molecule has 4 nitrogen and oxygen atoms in total. The zero-order chi connectivity index (χ0) is 19.7. The van der Waals surface area contributed by atoms with Crippen LogP contribution in [0.25, 0.3) is 5.57 Å². The zero-order valence-electron chi connectivity index (χ0n) is 16.2. The highest BCUT2D eigenvalue weighted by Crippen LogP contribution is 2.36. The Morgan fingerprint density at radius 2 is 2.00 bits per heavy atom. The Kier molecular flexibility index (Phi) is 8.62. The third-order valence-electron chi connectivity index (χ3n) is 3.70. The summed E-state index contributed by atoms with van der Waals surface area (Å²) < 4.78 is 18.3. The summed E-state index contributed by atoms with van der Waals surface area (Å²) in [6.45, 7) is 5.62. The van der Waals surface area contributed by atoms with Gasteiger partial charge in [0, 0.05) is 32.2 Å². The molecule has 0 aliphatic heterocycles. The molecule has 1 aromatic carbocycles. The van der Waals surface area contributed by atoms with Crippen molar-refractivity contribution < 1.29 is 19.0 Å². The van der Waals surface area contributed by atoms with Gasteiger partial charge >= 0.3 is 5.97 Å². The van der Waals surface area contributed by atoms with E-state index in [0.29, 0.717) is 18.6 Å². The van der Waals surface area contributed by atoms with Crippen molar-refractivity contribution in [3.63, 3.8) is 0 Å². The number of aliphatic carboxylic acids is 1. The third-order valence-corrected chi connectivity index (χ3v) is 3.70.